The van der Waals surface area contributed by atoms with Crippen LogP contribution in [0.15, 0.2) is 48.8 Å². The highest BCUT2D eigenvalue weighted by Gasteiger charge is 2.21. The summed E-state index contributed by atoms with van der Waals surface area (Å²) in [6.45, 7) is 7.71. The lowest BCUT2D eigenvalue weighted by Gasteiger charge is -2.19. The molecule has 3 rings (SSSR count). The van der Waals surface area contributed by atoms with Gasteiger partial charge in [-0.25, -0.2) is 4.98 Å². The number of carbonyl (C=O) groups is 1. The molecule has 0 unspecified atom stereocenters. The molecule has 4 heteroatoms. The molecule has 23 heavy (non-hydrogen) atoms. The fourth-order valence-electron chi connectivity index (χ4n) is 2.30. The summed E-state index contributed by atoms with van der Waals surface area (Å²) >= 11 is 0. The van der Waals surface area contributed by atoms with E-state index in [0.717, 1.165) is 28.2 Å². The first-order valence-electron chi connectivity index (χ1n) is 7.71. The smallest absolute Gasteiger partial charge is 0.229 e. The van der Waals surface area contributed by atoms with Gasteiger partial charge in [0.1, 0.15) is 5.65 Å². The number of amides is 1. The second kappa shape index (κ2) is 5.54. The van der Waals surface area contributed by atoms with Crippen LogP contribution in [0.25, 0.3) is 16.9 Å². The number of aryl methyl sites for hydroxylation is 1. The Morgan fingerprint density at radius 3 is 2.65 bits per heavy atom. The van der Waals surface area contributed by atoms with Crippen LogP contribution in [-0.4, -0.2) is 15.3 Å². The molecule has 4 nitrogen and oxygen atoms in total. The molecule has 1 amide bonds. The molecule has 0 spiro atoms. The molecule has 0 bridgehead atoms. The number of pyridine rings is 1. The van der Waals surface area contributed by atoms with Crippen molar-refractivity contribution in [3.05, 3.63) is 54.4 Å². The fraction of sp³-hybridized carbons (Fsp3) is 0.263. The van der Waals surface area contributed by atoms with Crippen LogP contribution in [-0.2, 0) is 4.79 Å². The van der Waals surface area contributed by atoms with Crippen LogP contribution >= 0.6 is 0 Å². The quantitative estimate of drug-likeness (QED) is 0.767. The Labute approximate surface area is 136 Å². The van der Waals surface area contributed by atoms with E-state index in [2.05, 4.69) is 10.3 Å². The summed E-state index contributed by atoms with van der Waals surface area (Å²) in [5, 5.41) is 3.02. The van der Waals surface area contributed by atoms with Crippen LogP contribution in [0, 0.1) is 12.3 Å². The lowest BCUT2D eigenvalue weighted by molar-refractivity contribution is -0.123. The van der Waals surface area contributed by atoms with Crippen molar-refractivity contribution in [3.63, 3.8) is 0 Å². The number of carbonyl (C=O) groups excluding carboxylic acids is 1. The van der Waals surface area contributed by atoms with E-state index in [1.165, 1.54) is 0 Å². The van der Waals surface area contributed by atoms with Crippen molar-refractivity contribution in [2.75, 3.05) is 5.32 Å². The minimum absolute atomic E-state index is 0.00718. The molecule has 0 saturated heterocycles. The topological polar surface area (TPSA) is 46.4 Å². The number of hydrogen-bond donors (Lipinski definition) is 1. The molecular weight excluding hydrogens is 286 g/mol. The molecule has 118 valence electrons. The van der Waals surface area contributed by atoms with Gasteiger partial charge in [-0.3, -0.25) is 4.79 Å². The van der Waals surface area contributed by atoms with Gasteiger partial charge in [0, 0.05) is 29.1 Å². The molecule has 0 aliphatic rings. The molecule has 0 saturated carbocycles. The average Bonchev–Trinajstić information content (AvgIpc) is 2.92. The molecule has 0 radical (unpaired) electrons. The summed E-state index contributed by atoms with van der Waals surface area (Å²) < 4.78 is 1.99. The number of fused-ring (bicyclic) bond motifs is 1. The van der Waals surface area contributed by atoms with E-state index in [4.69, 9.17) is 0 Å². The predicted octanol–water partition coefficient (Wildman–Crippen LogP) is 4.29. The highest BCUT2D eigenvalue weighted by atomic mass is 16.2. The zero-order chi connectivity index (χ0) is 16.6. The number of nitrogens with zero attached hydrogens (tertiary/aromatic N) is 2. The molecule has 0 fully saturated rings. The Morgan fingerprint density at radius 1 is 1.17 bits per heavy atom. The van der Waals surface area contributed by atoms with Gasteiger partial charge in [-0.15, -0.1) is 0 Å². The normalized spacial score (nSPS) is 11.7. The first-order chi connectivity index (χ1) is 10.8. The van der Waals surface area contributed by atoms with Gasteiger partial charge in [0.05, 0.1) is 5.69 Å². The molecular formula is C19H21N3O. The number of rotatable bonds is 2. The number of anilines is 1. The highest BCUT2D eigenvalue weighted by Crippen LogP contribution is 2.26. The molecule has 0 aliphatic heterocycles. The van der Waals surface area contributed by atoms with Crippen LogP contribution in [0.1, 0.15) is 26.3 Å². The summed E-state index contributed by atoms with van der Waals surface area (Å²) in [6.07, 6.45) is 3.97. The minimum atomic E-state index is -0.425. The van der Waals surface area contributed by atoms with Gasteiger partial charge in [0.2, 0.25) is 5.91 Å². The van der Waals surface area contributed by atoms with Crippen molar-refractivity contribution in [2.45, 2.75) is 27.7 Å². The maximum absolute atomic E-state index is 12.2. The van der Waals surface area contributed by atoms with Crippen LogP contribution in [0.5, 0.6) is 0 Å². The largest absolute Gasteiger partial charge is 0.325 e. The summed E-state index contributed by atoms with van der Waals surface area (Å²) in [5.74, 6) is 0.00718. The summed E-state index contributed by atoms with van der Waals surface area (Å²) in [4.78, 5) is 16.9. The lowest BCUT2D eigenvalue weighted by atomic mass is 9.95. The van der Waals surface area contributed by atoms with E-state index in [1.807, 2.05) is 80.9 Å². The standard InChI is InChI=1S/C19H21N3O/c1-13-8-9-14(11-15(13)21-18(23)19(2,3)4)16-12-22-10-6-5-7-17(22)20-16/h5-12H,1-4H3,(H,21,23). The van der Waals surface area contributed by atoms with Crippen molar-refractivity contribution >= 4 is 17.2 Å². The van der Waals surface area contributed by atoms with Gasteiger partial charge in [-0.05, 0) is 30.7 Å². The predicted molar refractivity (Wildman–Crippen MR) is 93.4 cm³/mol. The molecule has 1 N–H and O–H groups in total. The molecule has 1 aromatic carbocycles. The second-order valence-corrected chi connectivity index (χ2v) is 6.83. The molecule has 3 aromatic rings. The fourth-order valence-corrected chi connectivity index (χ4v) is 2.30. The van der Waals surface area contributed by atoms with Crippen molar-refractivity contribution < 1.29 is 4.79 Å². The zero-order valence-corrected chi connectivity index (χ0v) is 13.9. The Balaban J connectivity index is 1.98. The van der Waals surface area contributed by atoms with Gasteiger partial charge in [0.15, 0.2) is 0 Å². The van der Waals surface area contributed by atoms with Gasteiger partial charge in [-0.2, -0.15) is 0 Å². The maximum atomic E-state index is 12.2. The Bertz CT molecular complexity index is 839. The zero-order valence-electron chi connectivity index (χ0n) is 13.9. The minimum Gasteiger partial charge on any atom is -0.325 e. The van der Waals surface area contributed by atoms with E-state index in [1.54, 1.807) is 0 Å². The summed E-state index contributed by atoms with van der Waals surface area (Å²) in [7, 11) is 0. The van der Waals surface area contributed by atoms with Gasteiger partial charge in [-0.1, -0.05) is 39.0 Å². The number of benzene rings is 1. The van der Waals surface area contributed by atoms with Gasteiger partial charge < -0.3 is 9.72 Å². The third kappa shape index (κ3) is 3.11. The number of aromatic nitrogens is 2. The molecule has 2 aromatic heterocycles. The summed E-state index contributed by atoms with van der Waals surface area (Å²) in [5.41, 5.74) is 4.23. The molecule has 0 aliphatic carbocycles. The SMILES string of the molecule is Cc1ccc(-c2cn3ccccc3n2)cc1NC(=O)C(C)(C)C. The van der Waals surface area contributed by atoms with Crippen molar-refractivity contribution in [1.82, 2.24) is 9.38 Å². The van der Waals surface area contributed by atoms with E-state index in [0.29, 0.717) is 0 Å². The van der Waals surface area contributed by atoms with E-state index >= 15 is 0 Å². The first kappa shape index (κ1) is 15.3. The van der Waals surface area contributed by atoms with E-state index in [-0.39, 0.29) is 5.91 Å². The van der Waals surface area contributed by atoms with Gasteiger partial charge in [0.25, 0.3) is 0 Å². The first-order valence-corrected chi connectivity index (χ1v) is 7.71. The molecule has 0 atom stereocenters. The lowest BCUT2D eigenvalue weighted by Crippen LogP contribution is -2.27. The van der Waals surface area contributed by atoms with Crippen LogP contribution < -0.4 is 5.32 Å². The summed E-state index contributed by atoms with van der Waals surface area (Å²) in [6, 6.07) is 11.9. The van der Waals surface area contributed by atoms with Crippen molar-refractivity contribution in [2.24, 2.45) is 5.41 Å². The molecule has 2 heterocycles. The maximum Gasteiger partial charge on any atom is 0.229 e. The van der Waals surface area contributed by atoms with E-state index < -0.39 is 5.41 Å². The van der Waals surface area contributed by atoms with E-state index in [9.17, 15) is 4.79 Å². The number of imidazole rings is 1. The Kier molecular flexibility index (Phi) is 3.68. The third-order valence-corrected chi connectivity index (χ3v) is 3.83. The van der Waals surface area contributed by atoms with Crippen LogP contribution in [0.2, 0.25) is 0 Å². The van der Waals surface area contributed by atoms with Crippen LogP contribution in [0.4, 0.5) is 5.69 Å². The van der Waals surface area contributed by atoms with Crippen LogP contribution in [0.3, 0.4) is 0 Å². The van der Waals surface area contributed by atoms with Crippen molar-refractivity contribution in [3.8, 4) is 11.3 Å². The average molecular weight is 307 g/mol. The third-order valence-electron chi connectivity index (χ3n) is 3.83. The monoisotopic (exact) mass is 307 g/mol. The number of nitrogens with one attached hydrogen (secondary N) is 1. The highest BCUT2D eigenvalue weighted by molar-refractivity contribution is 5.95. The Morgan fingerprint density at radius 2 is 1.96 bits per heavy atom. The Hall–Kier alpha value is -2.62. The van der Waals surface area contributed by atoms with Crippen molar-refractivity contribution in [1.29, 1.82) is 0 Å². The number of hydrogen-bond acceptors (Lipinski definition) is 2. The second-order valence-electron chi connectivity index (χ2n) is 6.83. The van der Waals surface area contributed by atoms with Gasteiger partial charge >= 0.3 is 0 Å².